The smallest absolute Gasteiger partial charge is 0.243 e. The average molecular weight is 230 g/mol. The van der Waals surface area contributed by atoms with Crippen LogP contribution in [0.15, 0.2) is 34.0 Å². The zero-order chi connectivity index (χ0) is 12.3. The molecule has 0 aromatic carbocycles. The van der Waals surface area contributed by atoms with Crippen LogP contribution in [-0.2, 0) is 0 Å². The molecule has 0 aliphatic carbocycles. The van der Waals surface area contributed by atoms with E-state index in [1.807, 2.05) is 39.0 Å². The zero-order valence-corrected chi connectivity index (χ0v) is 10.1. The molecule has 2 rings (SSSR count). The Kier molecular flexibility index (Phi) is 3.18. The third-order valence-electron chi connectivity index (χ3n) is 2.18. The van der Waals surface area contributed by atoms with Crippen molar-refractivity contribution in [3.05, 3.63) is 41.6 Å². The molecule has 2 heterocycles. The molecule has 0 saturated heterocycles. The lowest BCUT2D eigenvalue weighted by molar-refractivity contribution is 0.557. The molecule has 0 aliphatic rings. The molecule has 2 aromatic rings. The molecule has 0 spiro atoms. The van der Waals surface area contributed by atoms with Crippen molar-refractivity contribution < 1.29 is 4.42 Å². The van der Waals surface area contributed by atoms with Crippen molar-refractivity contribution in [2.75, 3.05) is 5.43 Å². The van der Waals surface area contributed by atoms with Gasteiger partial charge < -0.3 is 4.42 Å². The van der Waals surface area contributed by atoms with Gasteiger partial charge in [-0.3, -0.25) is 0 Å². The standard InChI is InChI=1S/C12H14N4O/c1-8-7-9(2)14-12(13-8)16-15-10(3)11-5-4-6-17-11/h4-7H,1-3H3,(H,13,14,16). The minimum Gasteiger partial charge on any atom is -0.463 e. The molecule has 0 atom stereocenters. The van der Waals surface area contributed by atoms with Gasteiger partial charge in [0.25, 0.3) is 0 Å². The molecular weight excluding hydrogens is 216 g/mol. The fourth-order valence-electron chi connectivity index (χ4n) is 1.45. The molecule has 0 unspecified atom stereocenters. The molecule has 0 aliphatic heterocycles. The van der Waals surface area contributed by atoms with Crippen molar-refractivity contribution in [2.45, 2.75) is 20.8 Å². The summed E-state index contributed by atoms with van der Waals surface area (Å²) in [7, 11) is 0. The van der Waals surface area contributed by atoms with Crippen molar-refractivity contribution in [1.29, 1.82) is 0 Å². The first-order valence-electron chi connectivity index (χ1n) is 5.31. The highest BCUT2D eigenvalue weighted by molar-refractivity contribution is 5.96. The molecular formula is C12H14N4O. The van der Waals surface area contributed by atoms with E-state index in [-0.39, 0.29) is 0 Å². The Balaban J connectivity index is 2.14. The number of aryl methyl sites for hydroxylation is 2. The SMILES string of the molecule is CC(=NNc1nc(C)cc(C)n1)c1ccco1. The Morgan fingerprint density at radius 2 is 2.00 bits per heavy atom. The number of nitrogens with one attached hydrogen (secondary N) is 1. The quantitative estimate of drug-likeness (QED) is 0.650. The summed E-state index contributed by atoms with van der Waals surface area (Å²) in [6.07, 6.45) is 1.61. The van der Waals surface area contributed by atoms with Gasteiger partial charge in [-0.2, -0.15) is 5.10 Å². The van der Waals surface area contributed by atoms with Gasteiger partial charge in [-0.15, -0.1) is 0 Å². The van der Waals surface area contributed by atoms with Crippen LogP contribution in [0, 0.1) is 13.8 Å². The number of furan rings is 1. The number of rotatable bonds is 3. The van der Waals surface area contributed by atoms with Gasteiger partial charge in [0.15, 0.2) is 0 Å². The summed E-state index contributed by atoms with van der Waals surface area (Å²) in [4.78, 5) is 8.45. The summed E-state index contributed by atoms with van der Waals surface area (Å²) < 4.78 is 5.22. The summed E-state index contributed by atoms with van der Waals surface area (Å²) in [5.74, 6) is 1.22. The number of nitrogens with zero attached hydrogens (tertiary/aromatic N) is 3. The van der Waals surface area contributed by atoms with E-state index in [4.69, 9.17) is 4.42 Å². The highest BCUT2D eigenvalue weighted by atomic mass is 16.3. The van der Waals surface area contributed by atoms with E-state index in [1.54, 1.807) is 6.26 Å². The van der Waals surface area contributed by atoms with Crippen LogP contribution in [0.3, 0.4) is 0 Å². The van der Waals surface area contributed by atoms with Crippen LogP contribution in [0.25, 0.3) is 0 Å². The molecule has 5 heteroatoms. The molecule has 5 nitrogen and oxygen atoms in total. The fraction of sp³-hybridized carbons (Fsp3) is 0.250. The number of hydrazone groups is 1. The van der Waals surface area contributed by atoms with Gasteiger partial charge in [-0.1, -0.05) is 0 Å². The summed E-state index contributed by atoms with van der Waals surface area (Å²) in [6, 6.07) is 5.58. The van der Waals surface area contributed by atoms with E-state index < -0.39 is 0 Å². The first-order chi connectivity index (χ1) is 8.15. The van der Waals surface area contributed by atoms with E-state index in [0.29, 0.717) is 5.95 Å². The number of hydrogen-bond acceptors (Lipinski definition) is 5. The number of hydrogen-bond donors (Lipinski definition) is 1. The van der Waals surface area contributed by atoms with E-state index in [0.717, 1.165) is 22.9 Å². The monoisotopic (exact) mass is 230 g/mol. The maximum absolute atomic E-state index is 5.22. The van der Waals surface area contributed by atoms with Gasteiger partial charge in [-0.05, 0) is 39.0 Å². The van der Waals surface area contributed by atoms with Crippen LogP contribution in [0.5, 0.6) is 0 Å². The number of anilines is 1. The van der Waals surface area contributed by atoms with Gasteiger partial charge in [-0.25, -0.2) is 15.4 Å². The predicted molar refractivity (Wildman–Crippen MR) is 66.0 cm³/mol. The maximum Gasteiger partial charge on any atom is 0.243 e. The molecule has 0 amide bonds. The van der Waals surface area contributed by atoms with E-state index in [9.17, 15) is 0 Å². The summed E-state index contributed by atoms with van der Waals surface area (Å²) in [6.45, 7) is 5.69. The molecule has 1 N–H and O–H groups in total. The second-order valence-electron chi connectivity index (χ2n) is 3.76. The van der Waals surface area contributed by atoms with Crippen LogP contribution in [-0.4, -0.2) is 15.7 Å². The molecule has 0 bridgehead atoms. The van der Waals surface area contributed by atoms with Gasteiger partial charge in [0.1, 0.15) is 11.5 Å². The summed E-state index contributed by atoms with van der Waals surface area (Å²) in [5, 5.41) is 4.17. The van der Waals surface area contributed by atoms with Gasteiger partial charge in [0, 0.05) is 11.4 Å². The third kappa shape index (κ3) is 2.90. The third-order valence-corrected chi connectivity index (χ3v) is 2.18. The lowest BCUT2D eigenvalue weighted by Crippen LogP contribution is -2.03. The molecule has 0 saturated carbocycles. The van der Waals surface area contributed by atoms with Gasteiger partial charge in [0.2, 0.25) is 5.95 Å². The van der Waals surface area contributed by atoms with Crippen LogP contribution in [0.2, 0.25) is 0 Å². The second kappa shape index (κ2) is 4.78. The molecule has 17 heavy (non-hydrogen) atoms. The largest absolute Gasteiger partial charge is 0.463 e. The topological polar surface area (TPSA) is 63.3 Å². The Bertz CT molecular complexity index is 511. The van der Waals surface area contributed by atoms with E-state index in [2.05, 4.69) is 20.5 Å². The lowest BCUT2D eigenvalue weighted by Gasteiger charge is -2.02. The molecule has 88 valence electrons. The average Bonchev–Trinajstić information content (AvgIpc) is 2.78. The summed E-state index contributed by atoms with van der Waals surface area (Å²) >= 11 is 0. The highest BCUT2D eigenvalue weighted by Gasteiger charge is 2.01. The van der Waals surface area contributed by atoms with E-state index >= 15 is 0 Å². The normalized spacial score (nSPS) is 11.6. The maximum atomic E-state index is 5.22. The molecule has 0 fully saturated rings. The van der Waals surface area contributed by atoms with Gasteiger partial charge in [0.05, 0.1) is 6.26 Å². The second-order valence-corrected chi connectivity index (χ2v) is 3.76. The molecule has 2 aromatic heterocycles. The summed E-state index contributed by atoms with van der Waals surface area (Å²) in [5.41, 5.74) is 5.38. The van der Waals surface area contributed by atoms with Crippen LogP contribution in [0.4, 0.5) is 5.95 Å². The number of aromatic nitrogens is 2. The van der Waals surface area contributed by atoms with Crippen LogP contribution >= 0.6 is 0 Å². The van der Waals surface area contributed by atoms with Crippen molar-refractivity contribution in [2.24, 2.45) is 5.10 Å². The zero-order valence-electron chi connectivity index (χ0n) is 10.1. The van der Waals surface area contributed by atoms with Crippen LogP contribution in [0.1, 0.15) is 24.1 Å². The van der Waals surface area contributed by atoms with Crippen molar-refractivity contribution in [3.63, 3.8) is 0 Å². The predicted octanol–water partition coefficient (Wildman–Crippen LogP) is 2.52. The first-order valence-corrected chi connectivity index (χ1v) is 5.31. The minimum absolute atomic E-state index is 0.494. The Labute approximate surface area is 99.6 Å². The fourth-order valence-corrected chi connectivity index (χ4v) is 1.45. The van der Waals surface area contributed by atoms with Crippen molar-refractivity contribution in [3.8, 4) is 0 Å². The first kappa shape index (κ1) is 11.3. The highest BCUT2D eigenvalue weighted by Crippen LogP contribution is 2.05. The Morgan fingerprint density at radius 1 is 1.29 bits per heavy atom. The lowest BCUT2D eigenvalue weighted by atomic mass is 10.3. The minimum atomic E-state index is 0.494. The Morgan fingerprint density at radius 3 is 2.59 bits per heavy atom. The van der Waals surface area contributed by atoms with E-state index in [1.165, 1.54) is 0 Å². The van der Waals surface area contributed by atoms with Crippen molar-refractivity contribution >= 4 is 11.7 Å². The van der Waals surface area contributed by atoms with Crippen molar-refractivity contribution in [1.82, 2.24) is 9.97 Å². The van der Waals surface area contributed by atoms with Crippen LogP contribution < -0.4 is 5.43 Å². The molecule has 0 radical (unpaired) electrons. The van der Waals surface area contributed by atoms with Gasteiger partial charge >= 0.3 is 0 Å². The Hall–Kier alpha value is -2.17.